The highest BCUT2D eigenvalue weighted by Gasteiger charge is 2.54. The first-order chi connectivity index (χ1) is 9.49. The molecule has 0 heterocycles. The Hall–Kier alpha value is 0.137. The minimum absolute atomic E-state index is 0.174. The lowest BCUT2D eigenvalue weighted by atomic mass is 9.63. The van der Waals surface area contributed by atoms with Crippen molar-refractivity contribution in [2.75, 3.05) is 0 Å². The fraction of sp³-hybridized carbons (Fsp3) is 1.00. The summed E-state index contributed by atoms with van der Waals surface area (Å²) in [6.45, 7) is 16.1. The normalized spacial score (nSPS) is 39.1. The van der Waals surface area contributed by atoms with Gasteiger partial charge >= 0.3 is 0 Å². The lowest BCUT2D eigenvalue weighted by molar-refractivity contribution is -0.0384. The summed E-state index contributed by atoms with van der Waals surface area (Å²) in [6, 6.07) is 0. The minimum Gasteiger partial charge on any atom is -0.414 e. The van der Waals surface area contributed by atoms with Crippen LogP contribution in [0.1, 0.15) is 66.7 Å². The molecule has 0 radical (unpaired) electrons. The molecule has 2 saturated carbocycles. The van der Waals surface area contributed by atoms with Crippen molar-refractivity contribution in [2.45, 2.75) is 97.1 Å². The van der Waals surface area contributed by atoms with E-state index in [0.29, 0.717) is 23.4 Å². The third-order valence-electron chi connectivity index (χ3n) is 6.97. The highest BCUT2D eigenvalue weighted by Crippen LogP contribution is 2.58. The molecule has 0 aliphatic heterocycles. The molecule has 21 heavy (non-hydrogen) atoms. The molecule has 2 aliphatic carbocycles. The zero-order valence-corrected chi connectivity index (χ0v) is 16.2. The summed E-state index contributed by atoms with van der Waals surface area (Å²) in [5.41, 5.74) is 0.291. The van der Waals surface area contributed by atoms with Crippen LogP contribution in [-0.2, 0) is 4.43 Å². The molecular formula is C18H36O2Si. The number of aliphatic hydroxyl groups is 1. The quantitative estimate of drug-likeness (QED) is 0.745. The molecule has 0 aromatic carbocycles. The van der Waals surface area contributed by atoms with E-state index in [1.807, 2.05) is 6.92 Å². The lowest BCUT2D eigenvalue weighted by Gasteiger charge is -2.49. The molecular weight excluding hydrogens is 276 g/mol. The Kier molecular flexibility index (Phi) is 4.70. The van der Waals surface area contributed by atoms with Crippen LogP contribution in [-0.4, -0.2) is 25.6 Å². The Labute approximate surface area is 132 Å². The highest BCUT2D eigenvalue weighted by molar-refractivity contribution is 6.74. The predicted octanol–water partition coefficient (Wildman–Crippen LogP) is 4.97. The molecule has 2 rings (SSSR count). The summed E-state index contributed by atoms with van der Waals surface area (Å²) in [4.78, 5) is 0. The van der Waals surface area contributed by atoms with Crippen LogP contribution < -0.4 is 0 Å². The van der Waals surface area contributed by atoms with Crippen LogP contribution in [0.5, 0.6) is 0 Å². The first kappa shape index (κ1) is 17.5. The summed E-state index contributed by atoms with van der Waals surface area (Å²) in [5.74, 6) is 1.12. The maximum Gasteiger partial charge on any atom is 0.192 e. The molecule has 2 aliphatic rings. The van der Waals surface area contributed by atoms with Crippen LogP contribution in [0, 0.1) is 17.3 Å². The number of rotatable bonds is 3. The SMILES string of the molecule is C[C@H](O)[C@H]1CC[C@H]2[C@@H](O[Si](C)(C)C(C)(C)C)CCC[C@@]12C. The van der Waals surface area contributed by atoms with Gasteiger partial charge in [0.1, 0.15) is 0 Å². The van der Waals surface area contributed by atoms with Crippen LogP contribution in [0.15, 0.2) is 0 Å². The van der Waals surface area contributed by atoms with Gasteiger partial charge in [0, 0.05) is 6.10 Å². The molecule has 3 heteroatoms. The monoisotopic (exact) mass is 312 g/mol. The molecule has 2 nitrogen and oxygen atoms in total. The van der Waals surface area contributed by atoms with Crippen LogP contribution in [0.25, 0.3) is 0 Å². The Balaban J connectivity index is 2.17. The van der Waals surface area contributed by atoms with E-state index in [9.17, 15) is 5.11 Å². The molecule has 5 atom stereocenters. The van der Waals surface area contributed by atoms with Crippen molar-refractivity contribution in [3.8, 4) is 0 Å². The van der Waals surface area contributed by atoms with Gasteiger partial charge in [-0.3, -0.25) is 0 Å². The lowest BCUT2D eigenvalue weighted by Crippen LogP contribution is -2.50. The van der Waals surface area contributed by atoms with Crippen LogP contribution >= 0.6 is 0 Å². The van der Waals surface area contributed by atoms with Crippen LogP contribution in [0.4, 0.5) is 0 Å². The fourth-order valence-electron chi connectivity index (χ4n) is 4.65. The maximum absolute atomic E-state index is 10.2. The van der Waals surface area contributed by atoms with Gasteiger partial charge in [-0.2, -0.15) is 0 Å². The Morgan fingerprint density at radius 2 is 1.81 bits per heavy atom. The standard InChI is InChI=1S/C18H36O2Si/c1-13(19)14-10-11-15-16(9-8-12-18(14,15)5)20-21(6,7)17(2,3)4/h13-16,19H,8-12H2,1-7H3/t13-,14+,15-,16-,18-/m0/s1. The van der Waals surface area contributed by atoms with Crippen molar-refractivity contribution in [3.63, 3.8) is 0 Å². The summed E-state index contributed by atoms with van der Waals surface area (Å²) < 4.78 is 6.81. The van der Waals surface area contributed by atoms with E-state index < -0.39 is 8.32 Å². The molecule has 0 aromatic heterocycles. The van der Waals surface area contributed by atoms with E-state index in [2.05, 4.69) is 40.8 Å². The average Bonchev–Trinajstić information content (AvgIpc) is 2.65. The number of hydrogen-bond acceptors (Lipinski definition) is 2. The number of aliphatic hydroxyl groups excluding tert-OH is 1. The number of hydrogen-bond donors (Lipinski definition) is 1. The fourth-order valence-corrected chi connectivity index (χ4v) is 6.04. The van der Waals surface area contributed by atoms with Gasteiger partial charge in [0.2, 0.25) is 0 Å². The molecule has 0 aromatic rings. The van der Waals surface area contributed by atoms with Gasteiger partial charge < -0.3 is 9.53 Å². The molecule has 0 bridgehead atoms. The van der Waals surface area contributed by atoms with E-state index in [4.69, 9.17) is 4.43 Å². The Bertz CT molecular complexity index is 372. The summed E-state index contributed by atoms with van der Waals surface area (Å²) in [5, 5.41) is 10.5. The van der Waals surface area contributed by atoms with Gasteiger partial charge in [-0.05, 0) is 68.0 Å². The second kappa shape index (κ2) is 5.65. The van der Waals surface area contributed by atoms with Crippen LogP contribution in [0.2, 0.25) is 18.1 Å². The zero-order valence-electron chi connectivity index (χ0n) is 15.2. The van der Waals surface area contributed by atoms with Gasteiger partial charge in [-0.25, -0.2) is 0 Å². The second-order valence-corrected chi connectivity index (χ2v) is 14.1. The van der Waals surface area contributed by atoms with E-state index >= 15 is 0 Å². The van der Waals surface area contributed by atoms with E-state index in [1.165, 1.54) is 32.1 Å². The molecule has 0 saturated heterocycles. The first-order valence-corrected chi connectivity index (χ1v) is 11.8. The molecule has 0 amide bonds. The molecule has 2 fully saturated rings. The summed E-state index contributed by atoms with van der Waals surface area (Å²) in [6.07, 6.45) is 6.42. The van der Waals surface area contributed by atoms with Crippen molar-refractivity contribution in [1.82, 2.24) is 0 Å². The second-order valence-electron chi connectivity index (χ2n) is 9.35. The van der Waals surface area contributed by atoms with Crippen molar-refractivity contribution in [3.05, 3.63) is 0 Å². The largest absolute Gasteiger partial charge is 0.414 e. The van der Waals surface area contributed by atoms with Crippen molar-refractivity contribution < 1.29 is 9.53 Å². The predicted molar refractivity (Wildman–Crippen MR) is 91.9 cm³/mol. The zero-order chi connectivity index (χ0) is 16.1. The molecule has 0 spiro atoms. The van der Waals surface area contributed by atoms with Crippen molar-refractivity contribution in [2.24, 2.45) is 17.3 Å². The summed E-state index contributed by atoms with van der Waals surface area (Å²) >= 11 is 0. The molecule has 1 N–H and O–H groups in total. The Morgan fingerprint density at radius 1 is 1.19 bits per heavy atom. The molecule has 0 unspecified atom stereocenters. The van der Waals surface area contributed by atoms with Gasteiger partial charge in [-0.15, -0.1) is 0 Å². The van der Waals surface area contributed by atoms with Crippen LogP contribution in [0.3, 0.4) is 0 Å². The summed E-state index contributed by atoms with van der Waals surface area (Å²) in [7, 11) is -1.70. The smallest absolute Gasteiger partial charge is 0.192 e. The van der Waals surface area contributed by atoms with Gasteiger partial charge in [0.05, 0.1) is 6.10 Å². The maximum atomic E-state index is 10.2. The third-order valence-corrected chi connectivity index (χ3v) is 11.5. The topological polar surface area (TPSA) is 29.5 Å². The first-order valence-electron chi connectivity index (χ1n) is 8.85. The van der Waals surface area contributed by atoms with E-state index in [1.54, 1.807) is 0 Å². The third kappa shape index (κ3) is 3.11. The highest BCUT2D eigenvalue weighted by atomic mass is 28.4. The minimum atomic E-state index is -1.70. The van der Waals surface area contributed by atoms with Gasteiger partial charge in [0.25, 0.3) is 0 Å². The van der Waals surface area contributed by atoms with Crippen molar-refractivity contribution >= 4 is 8.32 Å². The molecule has 124 valence electrons. The van der Waals surface area contributed by atoms with Crippen molar-refractivity contribution in [1.29, 1.82) is 0 Å². The average molecular weight is 313 g/mol. The number of fused-ring (bicyclic) bond motifs is 1. The van der Waals surface area contributed by atoms with E-state index in [-0.39, 0.29) is 11.1 Å². The Morgan fingerprint density at radius 3 is 2.33 bits per heavy atom. The van der Waals surface area contributed by atoms with Gasteiger partial charge in [0.15, 0.2) is 8.32 Å². The van der Waals surface area contributed by atoms with Gasteiger partial charge in [-0.1, -0.05) is 34.1 Å². The van der Waals surface area contributed by atoms with E-state index in [0.717, 1.165) is 0 Å².